The van der Waals surface area contributed by atoms with Gasteiger partial charge < -0.3 is 4.52 Å². The lowest BCUT2D eigenvalue weighted by Gasteiger charge is -2.04. The lowest BCUT2D eigenvalue weighted by Crippen LogP contribution is -1.95. The summed E-state index contributed by atoms with van der Waals surface area (Å²) in [5, 5.41) is 13.6. The Bertz CT molecular complexity index is 968. The summed E-state index contributed by atoms with van der Waals surface area (Å²) in [6.07, 6.45) is 1.69. The van der Waals surface area contributed by atoms with Crippen molar-refractivity contribution in [2.24, 2.45) is 0 Å². The molecule has 4 rings (SSSR count). The highest BCUT2D eigenvalue weighted by Crippen LogP contribution is 2.24. The molecule has 0 amide bonds. The first-order valence-electron chi connectivity index (χ1n) is 7.46. The molecule has 0 unspecified atom stereocenters. The predicted molar refractivity (Wildman–Crippen MR) is 95.7 cm³/mol. The van der Waals surface area contributed by atoms with E-state index in [-0.39, 0.29) is 0 Å². The maximum Gasteiger partial charge on any atom is 0.257 e. The molecular weight excluding hydrogens is 358 g/mol. The zero-order valence-corrected chi connectivity index (χ0v) is 14.5. The first-order valence-corrected chi connectivity index (χ1v) is 8.83. The molecule has 2 heterocycles. The highest BCUT2D eigenvalue weighted by atomic mass is 35.5. The van der Waals surface area contributed by atoms with Gasteiger partial charge in [0.15, 0.2) is 11.0 Å². The molecule has 0 aliphatic heterocycles. The van der Waals surface area contributed by atoms with Gasteiger partial charge in [-0.15, -0.1) is 10.2 Å². The number of thioether (sulfide) groups is 1. The quantitative estimate of drug-likeness (QED) is 0.489. The van der Waals surface area contributed by atoms with Crippen LogP contribution in [0.2, 0.25) is 5.02 Å². The van der Waals surface area contributed by atoms with E-state index in [4.69, 9.17) is 16.1 Å². The van der Waals surface area contributed by atoms with Gasteiger partial charge in [-0.2, -0.15) is 4.98 Å². The molecule has 0 fully saturated rings. The van der Waals surface area contributed by atoms with Gasteiger partial charge in [0.25, 0.3) is 5.89 Å². The van der Waals surface area contributed by atoms with Crippen molar-refractivity contribution in [2.75, 3.05) is 0 Å². The van der Waals surface area contributed by atoms with Crippen LogP contribution in [0.4, 0.5) is 0 Å². The number of aromatic nitrogens is 5. The van der Waals surface area contributed by atoms with Crippen molar-refractivity contribution in [3.8, 4) is 17.1 Å². The second kappa shape index (κ2) is 7.08. The molecule has 0 aliphatic rings. The van der Waals surface area contributed by atoms with Crippen molar-refractivity contribution in [3.05, 3.63) is 71.8 Å². The molecule has 124 valence electrons. The van der Waals surface area contributed by atoms with Crippen LogP contribution in [0.25, 0.3) is 17.1 Å². The molecule has 0 radical (unpaired) electrons. The van der Waals surface area contributed by atoms with E-state index in [0.29, 0.717) is 22.5 Å². The lowest BCUT2D eigenvalue weighted by molar-refractivity contribution is 0.425. The summed E-state index contributed by atoms with van der Waals surface area (Å²) in [4.78, 5) is 4.41. The molecule has 4 aromatic rings. The average Bonchev–Trinajstić information content (AvgIpc) is 3.31. The molecular formula is C17H12ClN5OS. The molecule has 0 aliphatic carbocycles. The van der Waals surface area contributed by atoms with Crippen LogP contribution in [0.15, 0.2) is 70.6 Å². The minimum atomic E-state index is 0.469. The van der Waals surface area contributed by atoms with Gasteiger partial charge in [0.2, 0.25) is 0 Å². The number of benzene rings is 2. The van der Waals surface area contributed by atoms with Crippen LogP contribution in [0.1, 0.15) is 5.82 Å². The van der Waals surface area contributed by atoms with E-state index in [1.807, 2.05) is 47.0 Å². The van der Waals surface area contributed by atoms with Gasteiger partial charge in [0.1, 0.15) is 6.33 Å². The Hall–Kier alpha value is -2.64. The maximum absolute atomic E-state index is 5.89. The van der Waals surface area contributed by atoms with Crippen LogP contribution in [0.5, 0.6) is 0 Å². The molecule has 25 heavy (non-hydrogen) atoms. The summed E-state index contributed by atoms with van der Waals surface area (Å²) >= 11 is 7.39. The molecule has 2 aromatic carbocycles. The van der Waals surface area contributed by atoms with E-state index >= 15 is 0 Å². The van der Waals surface area contributed by atoms with Crippen molar-refractivity contribution in [1.29, 1.82) is 0 Å². The van der Waals surface area contributed by atoms with E-state index < -0.39 is 0 Å². The fourth-order valence-electron chi connectivity index (χ4n) is 2.24. The molecule has 0 N–H and O–H groups in total. The second-order valence-electron chi connectivity index (χ2n) is 5.13. The number of hydrogen-bond acceptors (Lipinski definition) is 6. The van der Waals surface area contributed by atoms with E-state index in [1.165, 1.54) is 11.8 Å². The summed E-state index contributed by atoms with van der Waals surface area (Å²) in [6.45, 7) is 0. The van der Waals surface area contributed by atoms with Crippen molar-refractivity contribution < 1.29 is 4.52 Å². The number of halogens is 1. The van der Waals surface area contributed by atoms with Crippen molar-refractivity contribution in [2.45, 2.75) is 10.9 Å². The average molecular weight is 370 g/mol. The van der Waals surface area contributed by atoms with Crippen molar-refractivity contribution in [3.63, 3.8) is 0 Å². The monoisotopic (exact) mass is 369 g/mol. The summed E-state index contributed by atoms with van der Waals surface area (Å²) in [6, 6.07) is 17.2. The Balaban J connectivity index is 1.48. The van der Waals surface area contributed by atoms with Crippen molar-refractivity contribution >= 4 is 23.4 Å². The number of rotatable bonds is 5. The van der Waals surface area contributed by atoms with Gasteiger partial charge in [-0.25, -0.2) is 0 Å². The van der Waals surface area contributed by atoms with Crippen LogP contribution in [0, 0.1) is 0 Å². The van der Waals surface area contributed by atoms with Crippen LogP contribution < -0.4 is 0 Å². The van der Waals surface area contributed by atoms with Gasteiger partial charge >= 0.3 is 0 Å². The number of para-hydroxylation sites is 1. The normalized spacial score (nSPS) is 10.9. The van der Waals surface area contributed by atoms with Gasteiger partial charge in [0, 0.05) is 16.3 Å². The fourth-order valence-corrected chi connectivity index (χ4v) is 3.14. The van der Waals surface area contributed by atoms with Crippen LogP contribution in [0.3, 0.4) is 0 Å². The van der Waals surface area contributed by atoms with Gasteiger partial charge in [-0.05, 0) is 36.4 Å². The Labute approximate surface area is 152 Å². The molecule has 0 spiro atoms. The Morgan fingerprint density at radius 3 is 2.64 bits per heavy atom. The van der Waals surface area contributed by atoms with E-state index in [9.17, 15) is 0 Å². The summed E-state index contributed by atoms with van der Waals surface area (Å²) in [5.41, 5.74) is 1.84. The van der Waals surface area contributed by atoms with Crippen LogP contribution >= 0.6 is 23.4 Å². The zero-order valence-electron chi connectivity index (χ0n) is 12.9. The molecule has 8 heteroatoms. The van der Waals surface area contributed by atoms with Crippen LogP contribution in [-0.2, 0) is 5.75 Å². The highest BCUT2D eigenvalue weighted by Gasteiger charge is 2.12. The second-order valence-corrected chi connectivity index (χ2v) is 6.51. The highest BCUT2D eigenvalue weighted by molar-refractivity contribution is 7.98. The third-order valence-electron chi connectivity index (χ3n) is 3.44. The molecule has 0 bridgehead atoms. The zero-order chi connectivity index (χ0) is 17.1. The first kappa shape index (κ1) is 15.9. The SMILES string of the molecule is Clc1ccc(-c2nc(CSc3nncn3-c3ccccc3)no2)cc1. The van der Waals surface area contributed by atoms with Gasteiger partial charge in [-0.1, -0.05) is 46.7 Å². The maximum atomic E-state index is 5.89. The molecule has 2 aromatic heterocycles. The van der Waals surface area contributed by atoms with Gasteiger partial charge in [0.05, 0.1) is 5.75 Å². The first-order chi connectivity index (χ1) is 12.3. The van der Waals surface area contributed by atoms with E-state index in [1.54, 1.807) is 18.5 Å². The minimum Gasteiger partial charge on any atom is -0.334 e. The number of hydrogen-bond donors (Lipinski definition) is 0. The van der Waals surface area contributed by atoms with E-state index in [0.717, 1.165) is 16.4 Å². The molecule has 0 atom stereocenters. The topological polar surface area (TPSA) is 69.6 Å². The van der Waals surface area contributed by atoms with Gasteiger partial charge in [-0.3, -0.25) is 4.57 Å². The Morgan fingerprint density at radius 1 is 1.04 bits per heavy atom. The Morgan fingerprint density at radius 2 is 1.84 bits per heavy atom. The Kier molecular flexibility index (Phi) is 4.49. The standard InChI is InChI=1S/C17H12ClN5OS/c18-13-8-6-12(7-9-13)16-20-15(22-24-16)10-25-17-21-19-11-23(17)14-4-2-1-3-5-14/h1-9,11H,10H2. The van der Waals surface area contributed by atoms with Crippen molar-refractivity contribution in [1.82, 2.24) is 24.9 Å². The fraction of sp³-hybridized carbons (Fsp3) is 0.0588. The molecule has 0 saturated carbocycles. The van der Waals surface area contributed by atoms with Crippen LogP contribution in [-0.4, -0.2) is 24.9 Å². The summed E-state index contributed by atoms with van der Waals surface area (Å²) < 4.78 is 7.24. The molecule has 0 saturated heterocycles. The predicted octanol–water partition coefficient (Wildman–Crippen LogP) is 4.26. The smallest absolute Gasteiger partial charge is 0.257 e. The summed E-state index contributed by atoms with van der Waals surface area (Å²) in [7, 11) is 0. The third kappa shape index (κ3) is 3.57. The largest absolute Gasteiger partial charge is 0.334 e. The van der Waals surface area contributed by atoms with E-state index in [2.05, 4.69) is 20.3 Å². The molecule has 6 nitrogen and oxygen atoms in total. The lowest BCUT2D eigenvalue weighted by atomic mass is 10.2. The minimum absolute atomic E-state index is 0.469. The third-order valence-corrected chi connectivity index (χ3v) is 4.63. The summed E-state index contributed by atoms with van der Waals surface area (Å²) in [5.74, 6) is 1.59. The number of nitrogens with zero attached hydrogens (tertiary/aromatic N) is 5.